The number of aliphatic hydroxyl groups is 1. The van der Waals surface area contributed by atoms with Gasteiger partial charge in [0.05, 0.1) is 6.61 Å². The highest BCUT2D eigenvalue weighted by Crippen LogP contribution is 2.23. The van der Waals surface area contributed by atoms with Crippen molar-refractivity contribution in [2.75, 3.05) is 26.2 Å². The lowest BCUT2D eigenvalue weighted by atomic mass is 9.88. The molecule has 0 saturated carbocycles. The number of aliphatic hydroxyl groups excluding tert-OH is 1. The first-order chi connectivity index (χ1) is 9.13. The Kier molecular flexibility index (Phi) is 5.39. The molecule has 1 aliphatic rings. The molecule has 0 aromatic carbocycles. The number of rotatable bonds is 6. The number of nitrogens with zero attached hydrogens (tertiary/aromatic N) is 1. The van der Waals surface area contributed by atoms with Crippen molar-refractivity contribution in [3.8, 4) is 0 Å². The first-order valence-corrected chi connectivity index (χ1v) is 8.12. The van der Waals surface area contributed by atoms with Crippen LogP contribution in [-0.2, 0) is 6.54 Å². The van der Waals surface area contributed by atoms with Crippen LogP contribution < -0.4 is 5.32 Å². The Labute approximate surface area is 120 Å². The maximum absolute atomic E-state index is 9.76. The van der Waals surface area contributed by atoms with Gasteiger partial charge in [0.25, 0.3) is 0 Å². The van der Waals surface area contributed by atoms with E-state index in [1.165, 1.54) is 11.4 Å². The van der Waals surface area contributed by atoms with E-state index in [1.807, 2.05) is 0 Å². The Morgan fingerprint density at radius 2 is 2.16 bits per heavy atom. The minimum atomic E-state index is -0.0720. The first kappa shape index (κ1) is 15.0. The number of hydrogen-bond acceptors (Lipinski definition) is 4. The Balaban J connectivity index is 1.83. The van der Waals surface area contributed by atoms with Crippen LogP contribution in [0.5, 0.6) is 0 Å². The van der Waals surface area contributed by atoms with E-state index >= 15 is 0 Å². The van der Waals surface area contributed by atoms with Gasteiger partial charge in [-0.3, -0.25) is 0 Å². The molecule has 0 bridgehead atoms. The lowest BCUT2D eigenvalue weighted by Gasteiger charge is -2.42. The molecule has 1 saturated heterocycles. The van der Waals surface area contributed by atoms with E-state index in [0.717, 1.165) is 38.4 Å². The Hall–Kier alpha value is -0.420. The molecule has 0 amide bonds. The third kappa shape index (κ3) is 4.28. The molecule has 2 rings (SSSR count). The van der Waals surface area contributed by atoms with Gasteiger partial charge in [0.1, 0.15) is 0 Å². The fraction of sp³-hybridized carbons (Fsp3) is 0.733. The van der Waals surface area contributed by atoms with Gasteiger partial charge in [-0.1, -0.05) is 19.9 Å². The molecule has 1 aliphatic heterocycles. The Morgan fingerprint density at radius 3 is 2.68 bits per heavy atom. The van der Waals surface area contributed by atoms with Crippen molar-refractivity contribution in [3.63, 3.8) is 0 Å². The van der Waals surface area contributed by atoms with Gasteiger partial charge in [-0.2, -0.15) is 0 Å². The van der Waals surface area contributed by atoms with Crippen LogP contribution in [0.25, 0.3) is 0 Å². The van der Waals surface area contributed by atoms with Crippen LogP contribution in [0, 0.1) is 5.92 Å². The molecule has 108 valence electrons. The minimum absolute atomic E-state index is 0.0720. The van der Waals surface area contributed by atoms with E-state index < -0.39 is 0 Å². The van der Waals surface area contributed by atoms with Crippen molar-refractivity contribution in [2.45, 2.75) is 38.8 Å². The van der Waals surface area contributed by atoms with Crippen LogP contribution in [-0.4, -0.2) is 41.8 Å². The molecule has 2 heterocycles. The zero-order valence-electron chi connectivity index (χ0n) is 12.1. The molecule has 0 unspecified atom stereocenters. The zero-order chi connectivity index (χ0) is 13.7. The van der Waals surface area contributed by atoms with Crippen molar-refractivity contribution in [3.05, 3.63) is 22.4 Å². The van der Waals surface area contributed by atoms with Gasteiger partial charge in [0.2, 0.25) is 0 Å². The summed E-state index contributed by atoms with van der Waals surface area (Å²) in [7, 11) is 0. The van der Waals surface area contributed by atoms with E-state index in [-0.39, 0.29) is 12.1 Å². The summed E-state index contributed by atoms with van der Waals surface area (Å²) >= 11 is 1.78. The monoisotopic (exact) mass is 282 g/mol. The van der Waals surface area contributed by atoms with E-state index in [0.29, 0.717) is 0 Å². The molecule has 0 spiro atoms. The molecule has 0 aliphatic carbocycles. The van der Waals surface area contributed by atoms with Crippen LogP contribution in [0.4, 0.5) is 0 Å². The largest absolute Gasteiger partial charge is 0.394 e. The summed E-state index contributed by atoms with van der Waals surface area (Å²) in [5.74, 6) is 0.723. The fourth-order valence-electron chi connectivity index (χ4n) is 2.76. The lowest BCUT2D eigenvalue weighted by molar-refractivity contribution is 0.0726. The summed E-state index contributed by atoms with van der Waals surface area (Å²) < 4.78 is 0. The van der Waals surface area contributed by atoms with E-state index in [1.54, 1.807) is 11.3 Å². The topological polar surface area (TPSA) is 35.5 Å². The van der Waals surface area contributed by atoms with E-state index in [4.69, 9.17) is 0 Å². The summed E-state index contributed by atoms with van der Waals surface area (Å²) in [6, 6.07) is 4.23. The summed E-state index contributed by atoms with van der Waals surface area (Å²) in [5, 5.41) is 15.5. The third-order valence-corrected chi connectivity index (χ3v) is 4.83. The van der Waals surface area contributed by atoms with Gasteiger partial charge in [-0.15, -0.1) is 11.3 Å². The summed E-state index contributed by atoms with van der Waals surface area (Å²) in [6.07, 6.45) is 2.09. The van der Waals surface area contributed by atoms with Gasteiger partial charge in [-0.05, 0) is 43.3 Å². The van der Waals surface area contributed by atoms with Crippen molar-refractivity contribution < 1.29 is 5.11 Å². The minimum Gasteiger partial charge on any atom is -0.394 e. The number of likely N-dealkylation sites (tertiary alicyclic amines) is 1. The standard InChI is InChI=1S/C15H26N2OS/c1-13(2)11-17-7-5-15(12-18,6-8-17)16-10-14-4-3-9-19-14/h3-4,9,13,16,18H,5-8,10-12H2,1-2H3. The van der Waals surface area contributed by atoms with Crippen LogP contribution in [0.15, 0.2) is 17.5 Å². The van der Waals surface area contributed by atoms with Crippen molar-refractivity contribution >= 4 is 11.3 Å². The average molecular weight is 282 g/mol. The highest BCUT2D eigenvalue weighted by molar-refractivity contribution is 7.09. The average Bonchev–Trinajstić information content (AvgIpc) is 2.91. The molecular weight excluding hydrogens is 256 g/mol. The second-order valence-electron chi connectivity index (χ2n) is 6.07. The second kappa shape index (κ2) is 6.84. The van der Waals surface area contributed by atoms with Gasteiger partial charge in [-0.25, -0.2) is 0 Å². The molecule has 1 aromatic rings. The Bertz CT molecular complexity index is 356. The number of nitrogens with one attached hydrogen (secondary N) is 1. The molecule has 1 fully saturated rings. The normalized spacial score (nSPS) is 20.0. The Morgan fingerprint density at radius 1 is 1.42 bits per heavy atom. The maximum atomic E-state index is 9.76. The predicted octanol–water partition coefficient (Wildman–Crippen LogP) is 2.32. The number of thiophene rings is 1. The van der Waals surface area contributed by atoms with Gasteiger partial charge >= 0.3 is 0 Å². The van der Waals surface area contributed by atoms with Crippen LogP contribution in [0.3, 0.4) is 0 Å². The fourth-order valence-corrected chi connectivity index (χ4v) is 3.40. The summed E-state index contributed by atoms with van der Waals surface area (Å²) in [5.41, 5.74) is -0.0720. The van der Waals surface area contributed by atoms with Crippen molar-refractivity contribution in [1.82, 2.24) is 10.2 Å². The van der Waals surface area contributed by atoms with Crippen LogP contribution in [0.2, 0.25) is 0 Å². The van der Waals surface area contributed by atoms with Crippen molar-refractivity contribution in [2.24, 2.45) is 5.92 Å². The highest BCUT2D eigenvalue weighted by atomic mass is 32.1. The third-order valence-electron chi connectivity index (χ3n) is 3.96. The zero-order valence-corrected chi connectivity index (χ0v) is 12.9. The number of piperidine rings is 1. The first-order valence-electron chi connectivity index (χ1n) is 7.24. The van der Waals surface area contributed by atoms with Crippen LogP contribution >= 0.6 is 11.3 Å². The highest BCUT2D eigenvalue weighted by Gasteiger charge is 2.33. The molecule has 3 nitrogen and oxygen atoms in total. The van der Waals surface area contributed by atoms with Crippen LogP contribution in [0.1, 0.15) is 31.6 Å². The molecule has 4 heteroatoms. The summed E-state index contributed by atoms with van der Waals surface area (Å²) in [4.78, 5) is 3.86. The second-order valence-corrected chi connectivity index (χ2v) is 7.10. The lowest BCUT2D eigenvalue weighted by Crippen LogP contribution is -2.55. The molecule has 2 N–H and O–H groups in total. The maximum Gasteiger partial charge on any atom is 0.0614 e. The van der Waals surface area contributed by atoms with Gasteiger partial charge < -0.3 is 15.3 Å². The molecular formula is C15H26N2OS. The molecule has 0 radical (unpaired) electrons. The molecule has 19 heavy (non-hydrogen) atoms. The van der Waals surface area contributed by atoms with E-state index in [9.17, 15) is 5.11 Å². The SMILES string of the molecule is CC(C)CN1CCC(CO)(NCc2cccs2)CC1. The summed E-state index contributed by atoms with van der Waals surface area (Å²) in [6.45, 7) is 9.01. The van der Waals surface area contributed by atoms with Crippen molar-refractivity contribution in [1.29, 1.82) is 0 Å². The van der Waals surface area contributed by atoms with Gasteiger partial charge in [0, 0.05) is 23.5 Å². The van der Waals surface area contributed by atoms with Gasteiger partial charge in [0.15, 0.2) is 0 Å². The number of hydrogen-bond donors (Lipinski definition) is 2. The predicted molar refractivity (Wildman–Crippen MR) is 81.5 cm³/mol. The quantitative estimate of drug-likeness (QED) is 0.840. The molecule has 0 atom stereocenters. The molecule has 1 aromatic heterocycles. The smallest absolute Gasteiger partial charge is 0.0614 e. The van der Waals surface area contributed by atoms with E-state index in [2.05, 4.69) is 41.6 Å².